The molecule has 1 nitrogen and oxygen atoms in total. The predicted octanol–water partition coefficient (Wildman–Crippen LogP) is 4.77. The van der Waals surface area contributed by atoms with E-state index in [0.717, 1.165) is 5.02 Å². The Morgan fingerprint density at radius 1 is 0.947 bits per heavy atom. The minimum Gasteiger partial charge on any atom is -0.313 e. The van der Waals surface area contributed by atoms with Crippen molar-refractivity contribution in [2.24, 2.45) is 0 Å². The molecular formula is C17H20ClN. The van der Waals surface area contributed by atoms with Crippen molar-refractivity contribution in [2.45, 2.75) is 25.8 Å². The fraction of sp³-hybridized carbons (Fsp3) is 0.294. The van der Waals surface area contributed by atoms with E-state index in [2.05, 4.69) is 55.6 Å². The van der Waals surface area contributed by atoms with Crippen LogP contribution in [0, 0.1) is 0 Å². The zero-order chi connectivity index (χ0) is 13.8. The summed E-state index contributed by atoms with van der Waals surface area (Å²) in [5, 5.41) is 4.10. The van der Waals surface area contributed by atoms with Gasteiger partial charge in [0.1, 0.15) is 0 Å². The maximum absolute atomic E-state index is 6.18. The second-order valence-electron chi connectivity index (χ2n) is 4.92. The van der Waals surface area contributed by atoms with E-state index >= 15 is 0 Å². The maximum Gasteiger partial charge on any atom is 0.0409 e. The molecule has 2 aromatic carbocycles. The van der Waals surface area contributed by atoms with Crippen LogP contribution in [0.25, 0.3) is 0 Å². The van der Waals surface area contributed by atoms with Crippen molar-refractivity contribution in [3.8, 4) is 0 Å². The van der Waals surface area contributed by atoms with Gasteiger partial charge in [-0.3, -0.25) is 0 Å². The molecule has 1 N–H and O–H groups in total. The molecule has 0 spiro atoms. The van der Waals surface area contributed by atoms with Crippen LogP contribution < -0.4 is 5.32 Å². The summed E-state index contributed by atoms with van der Waals surface area (Å²) in [6.07, 6.45) is 0. The van der Waals surface area contributed by atoms with Gasteiger partial charge < -0.3 is 5.32 Å². The van der Waals surface area contributed by atoms with Crippen LogP contribution in [0.15, 0.2) is 48.5 Å². The van der Waals surface area contributed by atoms with Gasteiger partial charge in [0, 0.05) is 17.0 Å². The predicted molar refractivity (Wildman–Crippen MR) is 82.9 cm³/mol. The van der Waals surface area contributed by atoms with E-state index in [1.807, 2.05) is 19.2 Å². The quantitative estimate of drug-likeness (QED) is 0.846. The fourth-order valence-corrected chi connectivity index (χ4v) is 2.57. The molecule has 19 heavy (non-hydrogen) atoms. The second-order valence-corrected chi connectivity index (χ2v) is 5.35. The highest BCUT2D eigenvalue weighted by Gasteiger charge is 2.16. The average Bonchev–Trinajstić information content (AvgIpc) is 2.46. The fourth-order valence-electron chi connectivity index (χ4n) is 2.39. The summed E-state index contributed by atoms with van der Waals surface area (Å²) in [6.45, 7) is 4.40. The molecule has 0 radical (unpaired) electrons. The van der Waals surface area contributed by atoms with Crippen molar-refractivity contribution in [3.05, 3.63) is 70.2 Å². The molecule has 0 fully saturated rings. The van der Waals surface area contributed by atoms with Crippen molar-refractivity contribution in [3.63, 3.8) is 0 Å². The van der Waals surface area contributed by atoms with Crippen molar-refractivity contribution in [1.82, 2.24) is 5.32 Å². The lowest BCUT2D eigenvalue weighted by atomic mass is 9.87. The molecule has 2 aromatic rings. The maximum atomic E-state index is 6.18. The molecular weight excluding hydrogens is 254 g/mol. The lowest BCUT2D eigenvalue weighted by molar-refractivity contribution is 0.641. The van der Waals surface area contributed by atoms with Gasteiger partial charge in [-0.1, -0.05) is 54.9 Å². The van der Waals surface area contributed by atoms with Gasteiger partial charge in [-0.05, 0) is 42.8 Å². The van der Waals surface area contributed by atoms with Gasteiger partial charge in [0.15, 0.2) is 0 Å². The van der Waals surface area contributed by atoms with E-state index in [0.29, 0.717) is 12.0 Å². The van der Waals surface area contributed by atoms with Crippen molar-refractivity contribution >= 4 is 11.6 Å². The van der Waals surface area contributed by atoms with E-state index in [-0.39, 0.29) is 0 Å². The molecule has 2 atom stereocenters. The third kappa shape index (κ3) is 3.17. The first-order valence-corrected chi connectivity index (χ1v) is 7.03. The minimum absolute atomic E-state index is 0.318. The topological polar surface area (TPSA) is 12.0 Å². The molecule has 0 aliphatic heterocycles. The largest absolute Gasteiger partial charge is 0.313 e. The third-order valence-corrected chi connectivity index (χ3v) is 3.95. The normalized spacial score (nSPS) is 14.1. The first-order valence-electron chi connectivity index (χ1n) is 6.65. The van der Waals surface area contributed by atoms with Crippen LogP contribution in [0.4, 0.5) is 0 Å². The molecule has 0 heterocycles. The molecule has 0 aliphatic carbocycles. The van der Waals surface area contributed by atoms with E-state index in [9.17, 15) is 0 Å². The van der Waals surface area contributed by atoms with Crippen LogP contribution in [0.3, 0.4) is 0 Å². The van der Waals surface area contributed by atoms with Crippen molar-refractivity contribution < 1.29 is 0 Å². The first kappa shape index (κ1) is 14.1. The summed E-state index contributed by atoms with van der Waals surface area (Å²) in [4.78, 5) is 0. The second kappa shape index (κ2) is 6.23. The van der Waals surface area contributed by atoms with E-state index in [1.54, 1.807) is 0 Å². The third-order valence-electron chi connectivity index (χ3n) is 3.71. The first-order chi connectivity index (χ1) is 9.13. The SMILES string of the molecule is CNC(C)c1ccc(Cl)cc1C(C)c1ccccc1. The van der Waals surface area contributed by atoms with Crippen LogP contribution in [0.1, 0.15) is 42.5 Å². The van der Waals surface area contributed by atoms with Gasteiger partial charge in [0.2, 0.25) is 0 Å². The molecule has 100 valence electrons. The Morgan fingerprint density at radius 2 is 1.63 bits per heavy atom. The lowest BCUT2D eigenvalue weighted by Gasteiger charge is -2.21. The molecule has 0 saturated heterocycles. The van der Waals surface area contributed by atoms with Gasteiger partial charge >= 0.3 is 0 Å². The minimum atomic E-state index is 0.318. The van der Waals surface area contributed by atoms with Crippen LogP contribution in [-0.4, -0.2) is 7.05 Å². The molecule has 0 saturated carbocycles. The Balaban J connectivity index is 2.45. The van der Waals surface area contributed by atoms with E-state index < -0.39 is 0 Å². The molecule has 0 bridgehead atoms. The van der Waals surface area contributed by atoms with E-state index in [1.165, 1.54) is 16.7 Å². The highest BCUT2D eigenvalue weighted by Crippen LogP contribution is 2.32. The summed E-state index contributed by atoms with van der Waals surface area (Å²) in [7, 11) is 1.98. The Bertz CT molecular complexity index is 536. The van der Waals surface area contributed by atoms with Gasteiger partial charge in [-0.25, -0.2) is 0 Å². The highest BCUT2D eigenvalue weighted by molar-refractivity contribution is 6.30. The number of halogens is 1. The molecule has 0 aromatic heterocycles. The van der Waals surface area contributed by atoms with Gasteiger partial charge in [0.25, 0.3) is 0 Å². The number of nitrogens with one attached hydrogen (secondary N) is 1. The van der Waals surface area contributed by atoms with Crippen LogP contribution in [0.2, 0.25) is 5.02 Å². The number of benzene rings is 2. The van der Waals surface area contributed by atoms with Crippen molar-refractivity contribution in [2.75, 3.05) is 7.05 Å². The monoisotopic (exact) mass is 273 g/mol. The molecule has 2 unspecified atom stereocenters. The molecule has 0 aliphatic rings. The molecule has 2 rings (SSSR count). The Morgan fingerprint density at radius 3 is 2.26 bits per heavy atom. The standard InChI is InChI=1S/C17H20ClN/c1-12(14-7-5-4-6-8-14)17-11-15(18)9-10-16(17)13(2)19-3/h4-13,19H,1-3H3. The van der Waals surface area contributed by atoms with E-state index in [4.69, 9.17) is 11.6 Å². The van der Waals surface area contributed by atoms with Gasteiger partial charge in [-0.15, -0.1) is 0 Å². The van der Waals surface area contributed by atoms with Crippen LogP contribution >= 0.6 is 11.6 Å². The van der Waals surface area contributed by atoms with Gasteiger partial charge in [0.05, 0.1) is 0 Å². The average molecular weight is 274 g/mol. The summed E-state index contributed by atoms with van der Waals surface area (Å²) in [6, 6.07) is 17.0. The molecule has 0 amide bonds. The summed E-state index contributed by atoms with van der Waals surface area (Å²) in [5.74, 6) is 0.339. The summed E-state index contributed by atoms with van der Waals surface area (Å²) >= 11 is 6.18. The van der Waals surface area contributed by atoms with Crippen LogP contribution in [-0.2, 0) is 0 Å². The Hall–Kier alpha value is -1.31. The Kier molecular flexibility index (Phi) is 4.62. The molecule has 2 heteroatoms. The summed E-state index contributed by atoms with van der Waals surface area (Å²) in [5.41, 5.74) is 3.91. The highest BCUT2D eigenvalue weighted by atomic mass is 35.5. The zero-order valence-corrected chi connectivity index (χ0v) is 12.4. The van der Waals surface area contributed by atoms with Crippen molar-refractivity contribution in [1.29, 1.82) is 0 Å². The number of hydrogen-bond donors (Lipinski definition) is 1. The zero-order valence-electron chi connectivity index (χ0n) is 11.7. The number of rotatable bonds is 4. The smallest absolute Gasteiger partial charge is 0.0409 e. The van der Waals surface area contributed by atoms with Crippen LogP contribution in [0.5, 0.6) is 0 Å². The lowest BCUT2D eigenvalue weighted by Crippen LogP contribution is -2.15. The number of hydrogen-bond acceptors (Lipinski definition) is 1. The Labute approximate surface area is 120 Å². The summed E-state index contributed by atoms with van der Waals surface area (Å²) < 4.78 is 0. The van der Waals surface area contributed by atoms with Gasteiger partial charge in [-0.2, -0.15) is 0 Å².